The molecular formula is C7H15NO2S. The van der Waals surface area contributed by atoms with Gasteiger partial charge < -0.3 is 5.11 Å². The molecule has 0 aromatic rings. The maximum Gasteiger partial charge on any atom is 0.313 e. The van der Waals surface area contributed by atoms with Gasteiger partial charge in [0.2, 0.25) is 0 Å². The molecule has 0 aromatic carbocycles. The van der Waals surface area contributed by atoms with E-state index in [1.165, 1.54) is 11.8 Å². The van der Waals surface area contributed by atoms with Gasteiger partial charge in [0, 0.05) is 0 Å². The minimum absolute atomic E-state index is 0.186. The molecule has 0 aliphatic heterocycles. The number of aliphatic carboxylic acids is 1. The van der Waals surface area contributed by atoms with Crippen molar-refractivity contribution in [2.24, 2.45) is 0 Å². The van der Waals surface area contributed by atoms with Gasteiger partial charge in [-0.2, -0.15) is 0 Å². The quantitative estimate of drug-likeness (QED) is 0.638. The van der Waals surface area contributed by atoms with Crippen LogP contribution in [0.4, 0.5) is 0 Å². The van der Waals surface area contributed by atoms with E-state index in [0.29, 0.717) is 0 Å². The Morgan fingerprint density at radius 1 is 1.73 bits per heavy atom. The molecule has 0 rings (SSSR count). The van der Waals surface area contributed by atoms with E-state index in [2.05, 4.69) is 11.8 Å². The van der Waals surface area contributed by atoms with Gasteiger partial charge in [-0.15, -0.1) is 11.8 Å². The Hall–Kier alpha value is -0.220. The van der Waals surface area contributed by atoms with E-state index in [4.69, 9.17) is 5.11 Å². The van der Waals surface area contributed by atoms with E-state index in [-0.39, 0.29) is 11.1 Å². The molecule has 0 amide bonds. The number of nitrogens with zero attached hydrogens (tertiary/aromatic N) is 1. The summed E-state index contributed by atoms with van der Waals surface area (Å²) >= 11 is 1.44. The SMILES string of the molecule is CCN(C)C(C)SCC(=O)O. The Balaban J connectivity index is 3.51. The van der Waals surface area contributed by atoms with Crippen molar-refractivity contribution >= 4 is 17.7 Å². The van der Waals surface area contributed by atoms with Crippen LogP contribution in [-0.4, -0.2) is 40.7 Å². The fourth-order valence-corrected chi connectivity index (χ4v) is 1.36. The van der Waals surface area contributed by atoms with E-state index < -0.39 is 5.97 Å². The summed E-state index contributed by atoms with van der Waals surface area (Å²) in [6, 6.07) is 0. The van der Waals surface area contributed by atoms with Crippen molar-refractivity contribution in [3.05, 3.63) is 0 Å². The van der Waals surface area contributed by atoms with Crippen molar-refractivity contribution in [1.29, 1.82) is 0 Å². The molecule has 0 saturated carbocycles. The van der Waals surface area contributed by atoms with Gasteiger partial charge in [-0.1, -0.05) is 6.92 Å². The average molecular weight is 177 g/mol. The highest BCUT2D eigenvalue weighted by Gasteiger charge is 2.08. The highest BCUT2D eigenvalue weighted by atomic mass is 32.2. The molecule has 0 aliphatic rings. The number of thioether (sulfide) groups is 1. The van der Waals surface area contributed by atoms with Crippen molar-refractivity contribution in [2.45, 2.75) is 19.2 Å². The molecule has 1 unspecified atom stereocenters. The Morgan fingerprint density at radius 2 is 2.27 bits per heavy atom. The molecule has 11 heavy (non-hydrogen) atoms. The van der Waals surface area contributed by atoms with Crippen LogP contribution in [0.1, 0.15) is 13.8 Å². The monoisotopic (exact) mass is 177 g/mol. The molecule has 66 valence electrons. The molecule has 1 atom stereocenters. The summed E-state index contributed by atoms with van der Waals surface area (Å²) in [5, 5.41) is 8.67. The first kappa shape index (κ1) is 10.8. The zero-order valence-electron chi connectivity index (χ0n) is 7.20. The summed E-state index contributed by atoms with van der Waals surface area (Å²) < 4.78 is 0. The lowest BCUT2D eigenvalue weighted by Gasteiger charge is -2.21. The number of carboxylic acids is 1. The highest BCUT2D eigenvalue weighted by Crippen LogP contribution is 2.12. The van der Waals surface area contributed by atoms with Gasteiger partial charge in [0.25, 0.3) is 0 Å². The molecular weight excluding hydrogens is 162 g/mol. The van der Waals surface area contributed by atoms with Crippen molar-refractivity contribution < 1.29 is 9.90 Å². The maximum atomic E-state index is 10.2. The van der Waals surface area contributed by atoms with Crippen LogP contribution in [0, 0.1) is 0 Å². The standard InChI is InChI=1S/C7H15NO2S/c1-4-8(3)6(2)11-5-7(9)10/h6H,4-5H2,1-3H3,(H,9,10). The third-order valence-electron chi connectivity index (χ3n) is 1.57. The summed E-state index contributed by atoms with van der Waals surface area (Å²) in [5.74, 6) is -0.558. The molecule has 0 aliphatic carbocycles. The van der Waals surface area contributed by atoms with Crippen molar-refractivity contribution in [1.82, 2.24) is 4.90 Å². The average Bonchev–Trinajstić information content (AvgIpc) is 1.98. The fraction of sp³-hybridized carbons (Fsp3) is 0.857. The molecule has 0 fully saturated rings. The number of carbonyl (C=O) groups is 1. The van der Waals surface area contributed by atoms with Gasteiger partial charge in [0.1, 0.15) is 0 Å². The second-order valence-electron chi connectivity index (χ2n) is 2.38. The minimum atomic E-state index is -0.744. The largest absolute Gasteiger partial charge is 0.481 e. The Kier molecular flexibility index (Phi) is 5.32. The molecule has 1 N–H and O–H groups in total. The van der Waals surface area contributed by atoms with Gasteiger partial charge in [-0.25, -0.2) is 0 Å². The van der Waals surface area contributed by atoms with Gasteiger partial charge in [0.15, 0.2) is 0 Å². The predicted octanol–water partition coefficient (Wildman–Crippen LogP) is 1.10. The zero-order chi connectivity index (χ0) is 8.85. The fourth-order valence-electron chi connectivity index (χ4n) is 0.576. The smallest absolute Gasteiger partial charge is 0.313 e. The predicted molar refractivity (Wildman–Crippen MR) is 47.9 cm³/mol. The molecule has 0 saturated heterocycles. The van der Waals surface area contributed by atoms with Crippen LogP contribution >= 0.6 is 11.8 Å². The number of rotatable bonds is 5. The summed E-state index contributed by atoms with van der Waals surface area (Å²) in [6.45, 7) is 5.02. The molecule has 4 heteroatoms. The van der Waals surface area contributed by atoms with Crippen molar-refractivity contribution in [3.8, 4) is 0 Å². The molecule has 0 spiro atoms. The number of hydrogen-bond acceptors (Lipinski definition) is 3. The summed E-state index contributed by atoms with van der Waals surface area (Å²) in [5.41, 5.74) is 0. The Bertz CT molecular complexity index is 130. The van der Waals surface area contributed by atoms with Crippen LogP contribution in [0.15, 0.2) is 0 Å². The van der Waals surface area contributed by atoms with Crippen LogP contribution < -0.4 is 0 Å². The van der Waals surface area contributed by atoms with Crippen LogP contribution in [0.25, 0.3) is 0 Å². The first-order valence-corrected chi connectivity index (χ1v) is 4.66. The minimum Gasteiger partial charge on any atom is -0.481 e. The van der Waals surface area contributed by atoms with Crippen molar-refractivity contribution in [3.63, 3.8) is 0 Å². The molecule has 0 heterocycles. The second-order valence-corrected chi connectivity index (χ2v) is 3.68. The summed E-state index contributed by atoms with van der Waals surface area (Å²) in [4.78, 5) is 12.3. The summed E-state index contributed by atoms with van der Waals surface area (Å²) in [6.07, 6.45) is 0. The third kappa shape index (κ3) is 5.09. The van der Waals surface area contributed by atoms with Crippen molar-refractivity contribution in [2.75, 3.05) is 19.3 Å². The Morgan fingerprint density at radius 3 is 2.64 bits per heavy atom. The first-order valence-electron chi connectivity index (χ1n) is 3.61. The molecule has 0 bridgehead atoms. The lowest BCUT2D eigenvalue weighted by Crippen LogP contribution is -2.26. The molecule has 0 aromatic heterocycles. The van der Waals surface area contributed by atoms with E-state index in [0.717, 1.165) is 6.54 Å². The summed E-state index contributed by atoms with van der Waals surface area (Å²) in [7, 11) is 1.99. The molecule has 0 radical (unpaired) electrons. The third-order valence-corrected chi connectivity index (χ3v) is 2.82. The van der Waals surface area contributed by atoms with Crippen LogP contribution in [-0.2, 0) is 4.79 Å². The van der Waals surface area contributed by atoms with E-state index in [9.17, 15) is 4.79 Å². The molecule has 3 nitrogen and oxygen atoms in total. The highest BCUT2D eigenvalue weighted by molar-refractivity contribution is 8.00. The van der Waals surface area contributed by atoms with Crippen LogP contribution in [0.3, 0.4) is 0 Å². The van der Waals surface area contributed by atoms with Gasteiger partial charge >= 0.3 is 5.97 Å². The lowest BCUT2D eigenvalue weighted by atomic mass is 10.6. The number of carboxylic acid groups (broad SMARTS) is 1. The topological polar surface area (TPSA) is 40.5 Å². The lowest BCUT2D eigenvalue weighted by molar-refractivity contribution is -0.133. The number of hydrogen-bond donors (Lipinski definition) is 1. The van der Waals surface area contributed by atoms with Gasteiger partial charge in [-0.05, 0) is 20.5 Å². The van der Waals surface area contributed by atoms with Crippen LogP contribution in [0.2, 0.25) is 0 Å². The zero-order valence-corrected chi connectivity index (χ0v) is 8.02. The van der Waals surface area contributed by atoms with E-state index in [1.807, 2.05) is 14.0 Å². The van der Waals surface area contributed by atoms with Gasteiger partial charge in [-0.3, -0.25) is 9.69 Å². The normalized spacial score (nSPS) is 13.5. The first-order chi connectivity index (χ1) is 5.07. The maximum absolute atomic E-state index is 10.2. The Labute approximate surface area is 71.8 Å². The van der Waals surface area contributed by atoms with E-state index >= 15 is 0 Å². The van der Waals surface area contributed by atoms with E-state index in [1.54, 1.807) is 0 Å². The second kappa shape index (κ2) is 5.43. The van der Waals surface area contributed by atoms with Crippen LogP contribution in [0.5, 0.6) is 0 Å². The van der Waals surface area contributed by atoms with Gasteiger partial charge in [0.05, 0.1) is 11.1 Å².